The molecule has 2 aromatic rings. The molecule has 2 heterocycles. The van der Waals surface area contributed by atoms with Gasteiger partial charge in [-0.25, -0.2) is 15.8 Å². The summed E-state index contributed by atoms with van der Waals surface area (Å²) in [5, 5.41) is 1.66. The van der Waals surface area contributed by atoms with E-state index in [-0.39, 0.29) is 11.7 Å². The van der Waals surface area contributed by atoms with Crippen LogP contribution in [0.4, 0.5) is 5.95 Å². The van der Waals surface area contributed by atoms with E-state index in [0.29, 0.717) is 5.95 Å². The van der Waals surface area contributed by atoms with E-state index in [4.69, 9.17) is 10.6 Å². The fourth-order valence-electron chi connectivity index (χ4n) is 1.69. The van der Waals surface area contributed by atoms with Gasteiger partial charge < -0.3 is 4.74 Å². The first-order valence-corrected chi connectivity index (χ1v) is 8.18. The molecule has 0 saturated carbocycles. The minimum atomic E-state index is -0.485. The number of rotatable bonds is 4. The second-order valence-corrected chi connectivity index (χ2v) is 7.65. The number of nitrogen functional groups attached to an aromatic ring is 1. The van der Waals surface area contributed by atoms with Crippen molar-refractivity contribution in [2.24, 2.45) is 5.84 Å². The number of aryl methyl sites for hydroxylation is 1. The van der Waals surface area contributed by atoms with Crippen LogP contribution in [0.25, 0.3) is 10.2 Å². The highest BCUT2D eigenvalue weighted by molar-refractivity contribution is 8.00. The Balaban J connectivity index is 2.19. The number of thioether (sulfide) groups is 1. The van der Waals surface area contributed by atoms with Crippen molar-refractivity contribution in [1.82, 2.24) is 9.97 Å². The van der Waals surface area contributed by atoms with Gasteiger partial charge >= 0.3 is 5.97 Å². The van der Waals surface area contributed by atoms with E-state index in [1.54, 1.807) is 11.3 Å². The summed E-state index contributed by atoms with van der Waals surface area (Å²) in [4.78, 5) is 22.4. The summed E-state index contributed by atoms with van der Waals surface area (Å²) in [5.41, 5.74) is 1.97. The molecule has 2 aromatic heterocycles. The lowest BCUT2D eigenvalue weighted by Crippen LogP contribution is -2.24. The fourth-order valence-corrected chi connectivity index (χ4v) is 3.41. The molecular formula is C13H18N4O2S2. The minimum absolute atomic E-state index is 0.197. The van der Waals surface area contributed by atoms with Crippen LogP contribution in [0.2, 0.25) is 0 Å². The Morgan fingerprint density at radius 3 is 2.81 bits per heavy atom. The Morgan fingerprint density at radius 1 is 1.48 bits per heavy atom. The van der Waals surface area contributed by atoms with E-state index >= 15 is 0 Å². The molecular weight excluding hydrogens is 308 g/mol. The Morgan fingerprint density at radius 2 is 2.19 bits per heavy atom. The van der Waals surface area contributed by atoms with Crippen molar-refractivity contribution in [3.63, 3.8) is 0 Å². The molecule has 0 aromatic carbocycles. The first kappa shape index (κ1) is 16.0. The molecule has 0 bridgehead atoms. The number of fused-ring (bicyclic) bond motifs is 1. The zero-order chi connectivity index (χ0) is 15.6. The molecule has 0 aliphatic rings. The third-order valence-electron chi connectivity index (χ3n) is 2.36. The number of thiophene rings is 1. The summed E-state index contributed by atoms with van der Waals surface area (Å²) in [6.45, 7) is 7.54. The monoisotopic (exact) mass is 326 g/mol. The van der Waals surface area contributed by atoms with Gasteiger partial charge in [-0.2, -0.15) is 0 Å². The largest absolute Gasteiger partial charge is 0.459 e. The highest BCUT2D eigenvalue weighted by Gasteiger charge is 2.18. The zero-order valence-electron chi connectivity index (χ0n) is 12.4. The molecule has 114 valence electrons. The minimum Gasteiger partial charge on any atom is -0.459 e. The van der Waals surface area contributed by atoms with Crippen molar-refractivity contribution in [1.29, 1.82) is 0 Å². The average molecular weight is 326 g/mol. The standard InChI is InChI=1S/C13H18N4O2S2/c1-7-5-8-10(15-12(17-14)16-11(8)21-7)20-6-9(18)19-13(2,3)4/h5H,6,14H2,1-4H3,(H,15,16,17). The Bertz CT molecular complexity index is 664. The molecule has 0 radical (unpaired) electrons. The van der Waals surface area contributed by atoms with E-state index in [2.05, 4.69) is 15.4 Å². The number of carbonyl (C=O) groups is 1. The predicted octanol–water partition coefficient (Wildman–Crippen LogP) is 2.72. The molecule has 0 atom stereocenters. The van der Waals surface area contributed by atoms with Gasteiger partial charge in [-0.05, 0) is 33.8 Å². The van der Waals surface area contributed by atoms with Crippen LogP contribution in [0, 0.1) is 6.92 Å². The molecule has 2 rings (SSSR count). The lowest BCUT2D eigenvalue weighted by atomic mass is 10.2. The smallest absolute Gasteiger partial charge is 0.316 e. The van der Waals surface area contributed by atoms with Gasteiger partial charge in [-0.1, -0.05) is 11.8 Å². The second kappa shape index (κ2) is 6.17. The first-order chi connectivity index (χ1) is 9.78. The van der Waals surface area contributed by atoms with E-state index < -0.39 is 5.60 Å². The number of esters is 1. The number of aromatic nitrogens is 2. The van der Waals surface area contributed by atoms with Gasteiger partial charge in [0.2, 0.25) is 5.95 Å². The van der Waals surface area contributed by atoms with Crippen molar-refractivity contribution in [2.75, 3.05) is 11.2 Å². The van der Waals surface area contributed by atoms with E-state index in [9.17, 15) is 4.79 Å². The van der Waals surface area contributed by atoms with E-state index in [1.807, 2.05) is 33.8 Å². The molecule has 3 N–H and O–H groups in total. The number of hydrogen-bond donors (Lipinski definition) is 2. The van der Waals surface area contributed by atoms with Gasteiger partial charge in [0.25, 0.3) is 0 Å². The lowest BCUT2D eigenvalue weighted by Gasteiger charge is -2.19. The number of carbonyl (C=O) groups excluding carboxylic acids is 1. The van der Waals surface area contributed by atoms with Gasteiger partial charge in [-0.3, -0.25) is 10.2 Å². The van der Waals surface area contributed by atoms with Gasteiger partial charge in [0.1, 0.15) is 15.5 Å². The number of nitrogens with two attached hydrogens (primary N) is 1. The maximum Gasteiger partial charge on any atom is 0.316 e. The summed E-state index contributed by atoms with van der Waals surface area (Å²) in [6.07, 6.45) is 0. The molecule has 0 fully saturated rings. The molecule has 0 spiro atoms. The van der Waals surface area contributed by atoms with Crippen LogP contribution >= 0.6 is 23.1 Å². The number of hydrogen-bond acceptors (Lipinski definition) is 8. The van der Waals surface area contributed by atoms with Crippen LogP contribution in [-0.4, -0.2) is 27.3 Å². The normalized spacial score (nSPS) is 11.7. The number of hydrazine groups is 1. The quantitative estimate of drug-likeness (QED) is 0.293. The topological polar surface area (TPSA) is 90.1 Å². The summed E-state index contributed by atoms with van der Waals surface area (Å²) < 4.78 is 5.29. The highest BCUT2D eigenvalue weighted by atomic mass is 32.2. The van der Waals surface area contributed by atoms with Gasteiger partial charge in [0, 0.05) is 10.3 Å². The van der Waals surface area contributed by atoms with Crippen LogP contribution in [0.15, 0.2) is 11.1 Å². The number of ether oxygens (including phenoxy) is 1. The lowest BCUT2D eigenvalue weighted by molar-refractivity contribution is -0.151. The Hall–Kier alpha value is -1.38. The van der Waals surface area contributed by atoms with Crippen molar-refractivity contribution in [3.8, 4) is 0 Å². The van der Waals surface area contributed by atoms with Crippen LogP contribution in [-0.2, 0) is 9.53 Å². The molecule has 6 nitrogen and oxygen atoms in total. The summed E-state index contributed by atoms with van der Waals surface area (Å²) in [5.74, 6) is 5.65. The Kier molecular flexibility index (Phi) is 4.70. The molecule has 0 amide bonds. The molecule has 8 heteroatoms. The SMILES string of the molecule is Cc1cc2c(SCC(=O)OC(C)(C)C)nc(NN)nc2s1. The van der Waals surface area contributed by atoms with Crippen molar-refractivity contribution >= 4 is 45.2 Å². The van der Waals surface area contributed by atoms with Gasteiger partial charge in [0.05, 0.1) is 5.75 Å². The summed E-state index contributed by atoms with van der Waals surface area (Å²) in [6, 6.07) is 2.01. The highest BCUT2D eigenvalue weighted by Crippen LogP contribution is 2.32. The third-order valence-corrected chi connectivity index (χ3v) is 4.27. The average Bonchev–Trinajstić information content (AvgIpc) is 2.73. The predicted molar refractivity (Wildman–Crippen MR) is 86.5 cm³/mol. The van der Waals surface area contributed by atoms with Gasteiger partial charge in [-0.15, -0.1) is 11.3 Å². The number of anilines is 1. The maximum atomic E-state index is 11.8. The van der Waals surface area contributed by atoms with Crippen LogP contribution < -0.4 is 11.3 Å². The van der Waals surface area contributed by atoms with Crippen LogP contribution in [0.3, 0.4) is 0 Å². The van der Waals surface area contributed by atoms with Crippen molar-refractivity contribution < 1.29 is 9.53 Å². The number of nitrogens with zero attached hydrogens (tertiary/aromatic N) is 2. The van der Waals surface area contributed by atoms with Crippen molar-refractivity contribution in [3.05, 3.63) is 10.9 Å². The first-order valence-electron chi connectivity index (χ1n) is 6.38. The van der Waals surface area contributed by atoms with Gasteiger partial charge in [0.15, 0.2) is 0 Å². The molecule has 0 aliphatic carbocycles. The summed E-state index contributed by atoms with van der Waals surface area (Å²) in [7, 11) is 0. The molecule has 0 saturated heterocycles. The van der Waals surface area contributed by atoms with Crippen LogP contribution in [0.5, 0.6) is 0 Å². The van der Waals surface area contributed by atoms with E-state index in [1.165, 1.54) is 11.8 Å². The molecule has 0 aliphatic heterocycles. The Labute approximate surface area is 131 Å². The fraction of sp³-hybridized carbons (Fsp3) is 0.462. The molecule has 0 unspecified atom stereocenters. The van der Waals surface area contributed by atoms with Crippen LogP contribution in [0.1, 0.15) is 25.6 Å². The third kappa shape index (κ3) is 4.29. The zero-order valence-corrected chi connectivity index (χ0v) is 14.0. The van der Waals surface area contributed by atoms with Crippen molar-refractivity contribution in [2.45, 2.75) is 38.3 Å². The molecule has 21 heavy (non-hydrogen) atoms. The second-order valence-electron chi connectivity index (χ2n) is 5.45. The summed E-state index contributed by atoms with van der Waals surface area (Å²) >= 11 is 2.89. The number of nitrogens with one attached hydrogen (secondary N) is 1. The maximum absolute atomic E-state index is 11.8. The van der Waals surface area contributed by atoms with E-state index in [0.717, 1.165) is 20.1 Å².